The second-order valence-corrected chi connectivity index (χ2v) is 2.12. The fraction of sp³-hybridized carbons (Fsp3) is 0.143. The van der Waals surface area contributed by atoms with Gasteiger partial charge in [0.1, 0.15) is 7.85 Å². The first kappa shape index (κ1) is 15.6. The van der Waals surface area contributed by atoms with Gasteiger partial charge < -0.3 is 0 Å². The van der Waals surface area contributed by atoms with Crippen LogP contribution in [0.25, 0.3) is 0 Å². The Morgan fingerprint density at radius 3 is 1.62 bits per heavy atom. The minimum atomic E-state index is -4.27. The highest BCUT2D eigenvalue weighted by Crippen LogP contribution is 2.27. The van der Waals surface area contributed by atoms with Crippen molar-refractivity contribution in [3.63, 3.8) is 0 Å². The molecule has 13 heavy (non-hydrogen) atoms. The molecule has 62 valence electrons. The first-order valence-electron chi connectivity index (χ1n) is 2.93. The quantitative estimate of drug-likeness (QED) is 0.554. The molecule has 0 fully saturated rings. The van der Waals surface area contributed by atoms with Crippen LogP contribution in [0.5, 0.6) is 0 Å². The van der Waals surface area contributed by atoms with Gasteiger partial charge in [0.15, 0.2) is 0 Å². The summed E-state index contributed by atoms with van der Waals surface area (Å²) in [5.74, 6) is 0. The third-order valence-electron chi connectivity index (χ3n) is 1.24. The lowest BCUT2D eigenvalue weighted by Crippen LogP contribution is -2.08. The van der Waals surface area contributed by atoms with Gasteiger partial charge in [-0.2, -0.15) is 13.2 Å². The summed E-state index contributed by atoms with van der Waals surface area (Å²) >= 11 is 0. The molecule has 6 heteroatoms. The van der Waals surface area contributed by atoms with E-state index in [1.165, 1.54) is 12.1 Å². The number of benzene rings is 1. The highest BCUT2D eigenvalue weighted by Gasteiger charge is 2.29. The Balaban J connectivity index is 0. The van der Waals surface area contributed by atoms with Gasteiger partial charge in [0.05, 0.1) is 5.56 Å². The van der Waals surface area contributed by atoms with E-state index in [-0.39, 0.29) is 34.7 Å². The summed E-state index contributed by atoms with van der Waals surface area (Å²) in [6, 6.07) is 4.36. The number of rotatable bonds is 0. The molecule has 0 spiro atoms. The summed E-state index contributed by atoms with van der Waals surface area (Å²) in [6.07, 6.45) is -4.27. The van der Waals surface area contributed by atoms with Crippen LogP contribution in [-0.4, -0.2) is 42.6 Å². The maximum absolute atomic E-state index is 11.9. The zero-order chi connectivity index (χ0) is 8.48. The van der Waals surface area contributed by atoms with E-state index < -0.39 is 11.7 Å². The molecule has 0 aromatic heterocycles. The summed E-state index contributed by atoms with van der Waals surface area (Å²) in [5, 5.41) is 0. The molecule has 0 bridgehead atoms. The standard InChI is InChI=1S/C7H4BF3.2Al/c8-6-3-1-5(2-4-6)7(9,10)11;;/h1-4H;;. The van der Waals surface area contributed by atoms with Gasteiger partial charge in [-0.15, -0.1) is 0 Å². The molecule has 0 aliphatic rings. The molecule has 0 heterocycles. The van der Waals surface area contributed by atoms with Gasteiger partial charge in [0.2, 0.25) is 0 Å². The molecule has 0 nitrogen and oxygen atoms in total. The Hall–Kier alpha value is 0.140. The van der Waals surface area contributed by atoms with Crippen molar-refractivity contribution in [2.24, 2.45) is 0 Å². The second-order valence-electron chi connectivity index (χ2n) is 2.12. The molecule has 8 radical (unpaired) electrons. The van der Waals surface area contributed by atoms with Crippen LogP contribution in [0.2, 0.25) is 0 Å². The minimum absolute atomic E-state index is 0. The first-order valence-corrected chi connectivity index (χ1v) is 2.93. The molecule has 0 unspecified atom stereocenters. The van der Waals surface area contributed by atoms with Gasteiger partial charge in [0, 0.05) is 34.7 Å². The van der Waals surface area contributed by atoms with Crippen molar-refractivity contribution in [3.8, 4) is 0 Å². The molecule has 0 saturated heterocycles. The normalized spacial score (nSPS) is 9.77. The predicted molar refractivity (Wildman–Crippen MR) is 48.3 cm³/mol. The molecular weight excluding hydrogens is 206 g/mol. The zero-order valence-electron chi connectivity index (χ0n) is 6.68. The summed E-state index contributed by atoms with van der Waals surface area (Å²) in [5.41, 5.74) is -0.343. The molecule has 0 aliphatic heterocycles. The number of hydrogen-bond acceptors (Lipinski definition) is 0. The molecule has 0 N–H and O–H groups in total. The fourth-order valence-electron chi connectivity index (χ4n) is 0.672. The highest BCUT2D eigenvalue weighted by molar-refractivity contribution is 6.32. The molecule has 1 aromatic carbocycles. The molecule has 1 aromatic rings. The van der Waals surface area contributed by atoms with E-state index in [0.717, 1.165) is 12.1 Å². The molecule has 0 atom stereocenters. The van der Waals surface area contributed by atoms with Crippen LogP contribution in [-0.2, 0) is 6.18 Å². The van der Waals surface area contributed by atoms with E-state index in [4.69, 9.17) is 7.85 Å². The SMILES string of the molecule is [Al].[Al].[B]c1ccc(C(F)(F)F)cc1. The van der Waals surface area contributed by atoms with Crippen molar-refractivity contribution in [1.82, 2.24) is 0 Å². The van der Waals surface area contributed by atoms with Gasteiger partial charge in [-0.3, -0.25) is 0 Å². The van der Waals surface area contributed by atoms with Crippen LogP contribution in [0.4, 0.5) is 13.2 Å². The molecule has 0 aliphatic carbocycles. The van der Waals surface area contributed by atoms with Crippen LogP contribution in [0, 0.1) is 0 Å². The number of alkyl halides is 3. The number of halogens is 3. The van der Waals surface area contributed by atoms with Crippen molar-refractivity contribution in [2.45, 2.75) is 6.18 Å². The Morgan fingerprint density at radius 2 is 1.31 bits per heavy atom. The lowest BCUT2D eigenvalue weighted by Gasteiger charge is -2.05. The van der Waals surface area contributed by atoms with Crippen molar-refractivity contribution in [3.05, 3.63) is 29.8 Å². The van der Waals surface area contributed by atoms with Crippen molar-refractivity contribution < 1.29 is 13.2 Å². The average Bonchev–Trinajstić information content (AvgIpc) is 1.86. The molecule has 0 saturated carbocycles. The maximum atomic E-state index is 11.9. The lowest BCUT2D eigenvalue weighted by molar-refractivity contribution is -0.137. The zero-order valence-corrected chi connectivity index (χ0v) is 8.98. The third-order valence-corrected chi connectivity index (χ3v) is 1.24. The molecular formula is C7H4Al2BF3. The summed E-state index contributed by atoms with van der Waals surface area (Å²) < 4.78 is 35.6. The van der Waals surface area contributed by atoms with Crippen molar-refractivity contribution in [2.75, 3.05) is 0 Å². The fourth-order valence-corrected chi connectivity index (χ4v) is 0.672. The van der Waals surface area contributed by atoms with Crippen LogP contribution in [0.15, 0.2) is 24.3 Å². The van der Waals surface area contributed by atoms with E-state index in [2.05, 4.69) is 0 Å². The second kappa shape index (κ2) is 5.78. The van der Waals surface area contributed by atoms with Gasteiger partial charge in [-0.1, -0.05) is 29.7 Å². The predicted octanol–water partition coefficient (Wildman–Crippen LogP) is 0.738. The summed E-state index contributed by atoms with van der Waals surface area (Å²) in [6.45, 7) is 0. The summed E-state index contributed by atoms with van der Waals surface area (Å²) in [4.78, 5) is 0. The molecule has 1 rings (SSSR count). The monoisotopic (exact) mass is 210 g/mol. The van der Waals surface area contributed by atoms with Crippen molar-refractivity contribution >= 4 is 48.0 Å². The third kappa shape index (κ3) is 4.79. The van der Waals surface area contributed by atoms with Gasteiger partial charge >= 0.3 is 6.18 Å². The van der Waals surface area contributed by atoms with E-state index in [9.17, 15) is 13.2 Å². The van der Waals surface area contributed by atoms with E-state index >= 15 is 0 Å². The Kier molecular flexibility index (Phi) is 6.94. The smallest absolute Gasteiger partial charge is 0.166 e. The first-order chi connectivity index (χ1) is 5.00. The van der Waals surface area contributed by atoms with Crippen LogP contribution in [0.3, 0.4) is 0 Å². The average molecular weight is 210 g/mol. The lowest BCUT2D eigenvalue weighted by atomic mass is 9.95. The van der Waals surface area contributed by atoms with E-state index in [1.807, 2.05) is 0 Å². The largest absolute Gasteiger partial charge is 0.416 e. The van der Waals surface area contributed by atoms with Crippen LogP contribution in [0.1, 0.15) is 5.56 Å². The van der Waals surface area contributed by atoms with E-state index in [1.54, 1.807) is 0 Å². The Morgan fingerprint density at radius 1 is 0.923 bits per heavy atom. The maximum Gasteiger partial charge on any atom is 0.416 e. The Labute approximate surface area is 97.2 Å². The number of hydrogen-bond donors (Lipinski definition) is 0. The van der Waals surface area contributed by atoms with Gasteiger partial charge in [-0.05, 0) is 0 Å². The minimum Gasteiger partial charge on any atom is -0.166 e. The highest BCUT2D eigenvalue weighted by atomic mass is 27.0. The van der Waals surface area contributed by atoms with Crippen molar-refractivity contribution in [1.29, 1.82) is 0 Å². The Bertz CT molecular complexity index is 245. The molecule has 0 amide bonds. The summed E-state index contributed by atoms with van der Waals surface area (Å²) in [7, 11) is 5.20. The van der Waals surface area contributed by atoms with Gasteiger partial charge in [0.25, 0.3) is 0 Å². The van der Waals surface area contributed by atoms with E-state index in [0.29, 0.717) is 5.46 Å². The van der Waals surface area contributed by atoms with Crippen LogP contribution < -0.4 is 5.46 Å². The van der Waals surface area contributed by atoms with Gasteiger partial charge in [-0.25, -0.2) is 0 Å². The topological polar surface area (TPSA) is 0 Å². The van der Waals surface area contributed by atoms with Crippen LogP contribution >= 0.6 is 0 Å².